The number of aromatic nitrogens is 2. The number of carboxylic acid groups (broad SMARTS) is 1. The van der Waals surface area contributed by atoms with Gasteiger partial charge in [-0.1, -0.05) is 44.2 Å². The number of carboxylic acids is 1. The number of H-pyrrole nitrogens is 1. The van der Waals surface area contributed by atoms with Crippen LogP contribution in [0.25, 0.3) is 0 Å². The zero-order valence-corrected chi connectivity index (χ0v) is 23.9. The number of aliphatic carboxylic acids is 1. The molecule has 6 aliphatic rings. The summed E-state index contributed by atoms with van der Waals surface area (Å²) in [6, 6.07) is 7.53. The predicted molar refractivity (Wildman–Crippen MR) is 156 cm³/mol. The van der Waals surface area contributed by atoms with Crippen LogP contribution in [0.5, 0.6) is 0 Å². The second kappa shape index (κ2) is 10.3. The summed E-state index contributed by atoms with van der Waals surface area (Å²) in [5.74, 6) is 3.25. The number of imidazole rings is 1. The van der Waals surface area contributed by atoms with E-state index >= 15 is 0 Å². The van der Waals surface area contributed by atoms with Crippen molar-refractivity contribution in [3.63, 3.8) is 0 Å². The molecular weight excluding hydrogens is 498 g/mol. The maximum atomic E-state index is 13.8. The molecule has 2 aromatic rings. The molecule has 8 rings (SSSR count). The molecule has 0 atom stereocenters. The lowest BCUT2D eigenvalue weighted by atomic mass is 9.48. The Kier molecular flexibility index (Phi) is 6.79. The van der Waals surface area contributed by atoms with Crippen LogP contribution in [0.1, 0.15) is 136 Å². The maximum absolute atomic E-state index is 13.8. The van der Waals surface area contributed by atoms with E-state index in [0.29, 0.717) is 35.6 Å². The molecule has 0 saturated heterocycles. The highest BCUT2D eigenvalue weighted by molar-refractivity contribution is 6.04. The number of rotatable bonds is 8. The molecule has 0 radical (unpaired) electrons. The van der Waals surface area contributed by atoms with Crippen molar-refractivity contribution >= 4 is 17.6 Å². The molecule has 1 amide bonds. The number of benzene rings is 1. The van der Waals surface area contributed by atoms with Gasteiger partial charge in [0, 0.05) is 17.3 Å². The van der Waals surface area contributed by atoms with Gasteiger partial charge < -0.3 is 15.4 Å². The van der Waals surface area contributed by atoms with Gasteiger partial charge in [0.05, 0.1) is 5.41 Å². The van der Waals surface area contributed by atoms with Gasteiger partial charge in [-0.15, -0.1) is 0 Å². The normalized spacial score (nSPS) is 30.9. The van der Waals surface area contributed by atoms with E-state index in [1.807, 2.05) is 24.3 Å². The topological polar surface area (TPSA) is 95.1 Å². The highest BCUT2D eigenvalue weighted by atomic mass is 16.4. The van der Waals surface area contributed by atoms with E-state index in [4.69, 9.17) is 4.98 Å². The standard InChI is InChI=1S/C34H45N3O3/c38-31(35-27-10-6-9-26(18-27)34(32(39)40)12-4-5-13-34)29-28(36-30(37-29)25-7-2-1-3-8-25)11-14-33-19-22-15-23(20-33)17-24(16-22)21-33/h6,9-10,18,22-25H,1-5,7-8,11-17,19-21H2,(H,35,38)(H,36,37)(H,39,40). The summed E-state index contributed by atoms with van der Waals surface area (Å²) in [6.07, 6.45) is 19.7. The van der Waals surface area contributed by atoms with Crippen molar-refractivity contribution in [2.75, 3.05) is 5.32 Å². The van der Waals surface area contributed by atoms with Crippen molar-refractivity contribution in [2.45, 2.75) is 120 Å². The van der Waals surface area contributed by atoms with E-state index in [9.17, 15) is 14.7 Å². The van der Waals surface area contributed by atoms with Gasteiger partial charge in [0.25, 0.3) is 5.91 Å². The minimum atomic E-state index is -0.843. The zero-order valence-electron chi connectivity index (χ0n) is 23.9. The Balaban J connectivity index is 1.13. The molecule has 0 aliphatic heterocycles. The number of aryl methyl sites for hydroxylation is 1. The third-order valence-corrected chi connectivity index (χ3v) is 11.6. The average Bonchev–Trinajstić information content (AvgIpc) is 3.61. The van der Waals surface area contributed by atoms with Crippen LogP contribution in [0.3, 0.4) is 0 Å². The molecule has 6 saturated carbocycles. The molecule has 0 unspecified atom stereocenters. The van der Waals surface area contributed by atoms with E-state index < -0.39 is 11.4 Å². The fourth-order valence-corrected chi connectivity index (χ4v) is 10.0. The SMILES string of the molecule is O=C(Nc1cccc(C2(C(=O)O)CCCC2)c1)c1nc(C2CCCCC2)[nH]c1CCC12CC3CC(CC(C3)C1)C2. The molecule has 3 N–H and O–H groups in total. The van der Waals surface area contributed by atoms with Gasteiger partial charge in [0.2, 0.25) is 0 Å². The second-order valence-electron chi connectivity index (χ2n) is 14.3. The summed E-state index contributed by atoms with van der Waals surface area (Å²) in [6.45, 7) is 0. The first-order valence-corrected chi connectivity index (χ1v) is 16.2. The van der Waals surface area contributed by atoms with Gasteiger partial charge in [-0.25, -0.2) is 4.98 Å². The van der Waals surface area contributed by atoms with Crippen molar-refractivity contribution < 1.29 is 14.7 Å². The molecule has 1 aromatic carbocycles. The Morgan fingerprint density at radius 3 is 2.27 bits per heavy atom. The number of carbonyl (C=O) groups is 2. The fourth-order valence-electron chi connectivity index (χ4n) is 10.0. The maximum Gasteiger partial charge on any atom is 0.314 e. The van der Waals surface area contributed by atoms with Crippen molar-refractivity contribution in [2.24, 2.45) is 23.2 Å². The molecule has 214 valence electrons. The van der Waals surface area contributed by atoms with Gasteiger partial charge in [-0.3, -0.25) is 9.59 Å². The first-order valence-electron chi connectivity index (χ1n) is 16.2. The highest BCUT2D eigenvalue weighted by Gasteiger charge is 2.50. The number of hydrogen-bond acceptors (Lipinski definition) is 3. The molecule has 6 nitrogen and oxygen atoms in total. The molecule has 40 heavy (non-hydrogen) atoms. The van der Waals surface area contributed by atoms with Gasteiger partial charge in [-0.05, 0) is 118 Å². The smallest absolute Gasteiger partial charge is 0.314 e. The Bertz CT molecular complexity index is 1230. The summed E-state index contributed by atoms with van der Waals surface area (Å²) in [5, 5.41) is 13.2. The molecule has 6 fully saturated rings. The Morgan fingerprint density at radius 2 is 1.62 bits per heavy atom. The predicted octanol–water partition coefficient (Wildman–Crippen LogP) is 7.76. The fraction of sp³-hybridized carbons (Fsp3) is 0.676. The van der Waals surface area contributed by atoms with Crippen molar-refractivity contribution in [3.05, 3.63) is 47.0 Å². The van der Waals surface area contributed by atoms with E-state index in [0.717, 1.165) is 73.4 Å². The molecule has 6 heteroatoms. The molecule has 1 aromatic heterocycles. The second-order valence-corrected chi connectivity index (χ2v) is 14.3. The van der Waals surface area contributed by atoms with Crippen LogP contribution < -0.4 is 5.32 Å². The van der Waals surface area contributed by atoms with Crippen LogP contribution >= 0.6 is 0 Å². The number of carbonyl (C=O) groups excluding carboxylic acids is 1. The van der Waals surface area contributed by atoms with Crippen molar-refractivity contribution in [1.82, 2.24) is 9.97 Å². The number of aromatic amines is 1. The first-order chi connectivity index (χ1) is 19.4. The van der Waals surface area contributed by atoms with Gasteiger partial charge in [-0.2, -0.15) is 0 Å². The van der Waals surface area contributed by atoms with E-state index in [1.165, 1.54) is 57.8 Å². The molecule has 6 aliphatic carbocycles. The summed E-state index contributed by atoms with van der Waals surface area (Å²) in [4.78, 5) is 34.7. The third-order valence-electron chi connectivity index (χ3n) is 11.6. The Morgan fingerprint density at radius 1 is 0.950 bits per heavy atom. The minimum Gasteiger partial charge on any atom is -0.481 e. The van der Waals surface area contributed by atoms with Crippen LogP contribution in [0, 0.1) is 23.2 Å². The summed E-state index contributed by atoms with van der Waals surface area (Å²) in [7, 11) is 0. The van der Waals surface area contributed by atoms with Crippen LogP contribution in [-0.4, -0.2) is 27.0 Å². The van der Waals surface area contributed by atoms with Crippen molar-refractivity contribution in [3.8, 4) is 0 Å². The minimum absolute atomic E-state index is 0.174. The molecule has 0 spiro atoms. The number of anilines is 1. The molecule has 4 bridgehead atoms. The lowest BCUT2D eigenvalue weighted by Gasteiger charge is -2.57. The largest absolute Gasteiger partial charge is 0.481 e. The number of nitrogens with one attached hydrogen (secondary N) is 2. The van der Waals surface area contributed by atoms with E-state index in [-0.39, 0.29) is 5.91 Å². The summed E-state index contributed by atoms with van der Waals surface area (Å²) < 4.78 is 0. The van der Waals surface area contributed by atoms with Gasteiger partial charge in [0.1, 0.15) is 11.5 Å². The Labute approximate surface area is 238 Å². The van der Waals surface area contributed by atoms with Crippen LogP contribution in [0.15, 0.2) is 24.3 Å². The molecular formula is C34H45N3O3. The van der Waals surface area contributed by atoms with Crippen LogP contribution in [0.4, 0.5) is 5.69 Å². The molecule has 1 heterocycles. The van der Waals surface area contributed by atoms with Crippen molar-refractivity contribution in [1.29, 1.82) is 0 Å². The third kappa shape index (κ3) is 4.79. The zero-order chi connectivity index (χ0) is 27.3. The highest BCUT2D eigenvalue weighted by Crippen LogP contribution is 2.61. The number of hydrogen-bond donors (Lipinski definition) is 3. The summed E-state index contributed by atoms with van der Waals surface area (Å²) in [5.41, 5.74) is 2.61. The van der Waals surface area contributed by atoms with Gasteiger partial charge in [0.15, 0.2) is 0 Å². The van der Waals surface area contributed by atoms with Gasteiger partial charge >= 0.3 is 5.97 Å². The number of nitrogens with zero attached hydrogens (tertiary/aromatic N) is 1. The average molecular weight is 544 g/mol. The monoisotopic (exact) mass is 543 g/mol. The first kappa shape index (κ1) is 26.3. The quantitative estimate of drug-likeness (QED) is 0.317. The lowest BCUT2D eigenvalue weighted by molar-refractivity contribution is -0.143. The van der Waals surface area contributed by atoms with Crippen LogP contribution in [-0.2, 0) is 16.6 Å². The number of amides is 1. The summed E-state index contributed by atoms with van der Waals surface area (Å²) >= 11 is 0. The van der Waals surface area contributed by atoms with Crippen LogP contribution in [0.2, 0.25) is 0 Å². The van der Waals surface area contributed by atoms with E-state index in [2.05, 4.69) is 10.3 Å². The lowest BCUT2D eigenvalue weighted by Crippen LogP contribution is -2.46. The Hall–Kier alpha value is -2.63. The van der Waals surface area contributed by atoms with E-state index in [1.54, 1.807) is 0 Å².